The molecule has 1 aromatic carbocycles. The Kier molecular flexibility index (Phi) is 10.2. The summed E-state index contributed by atoms with van der Waals surface area (Å²) in [5, 5.41) is 13.9. The highest BCUT2D eigenvalue weighted by molar-refractivity contribution is 7.82. The molecule has 0 aliphatic rings. The van der Waals surface area contributed by atoms with Gasteiger partial charge >= 0.3 is 6.18 Å². The normalized spacial score (nSPS) is 13.9. The van der Waals surface area contributed by atoms with Crippen LogP contribution in [-0.2, 0) is 9.59 Å². The molecule has 1 heterocycles. The van der Waals surface area contributed by atoms with E-state index in [0.29, 0.717) is 0 Å². The quantitative estimate of drug-likeness (QED) is 0.233. The Bertz CT molecular complexity index is 1150. The van der Waals surface area contributed by atoms with Crippen LogP contribution in [0.2, 0.25) is 0 Å². The maximum Gasteiger partial charge on any atom is 0.389 e. The molecule has 1 aromatic heterocycles. The number of aliphatic hydroxyl groups is 1. The van der Waals surface area contributed by atoms with Crippen LogP contribution >= 0.6 is 12.2 Å². The molecule has 0 radical (unpaired) electrons. The minimum atomic E-state index is -4.63. The van der Waals surface area contributed by atoms with Crippen molar-refractivity contribution in [3.63, 3.8) is 0 Å². The molecule has 0 saturated carbocycles. The topological polar surface area (TPSA) is 148 Å². The second kappa shape index (κ2) is 12.7. The van der Waals surface area contributed by atoms with Crippen LogP contribution in [0.25, 0.3) is 11.5 Å². The molecule has 202 valence electrons. The van der Waals surface area contributed by atoms with Crippen molar-refractivity contribution in [1.29, 1.82) is 0 Å². The number of hydrogen-bond acceptors (Lipinski definition) is 7. The average Bonchev–Trinajstić information content (AvgIpc) is 3.29. The van der Waals surface area contributed by atoms with Gasteiger partial charge in [0.1, 0.15) is 11.0 Å². The van der Waals surface area contributed by atoms with Crippen LogP contribution in [0, 0.1) is 11.6 Å². The van der Waals surface area contributed by atoms with Gasteiger partial charge < -0.3 is 25.9 Å². The predicted octanol–water partition coefficient (Wildman–Crippen LogP) is 2.56. The molecule has 0 aliphatic heterocycles. The third-order valence-corrected chi connectivity index (χ3v) is 5.20. The van der Waals surface area contributed by atoms with Gasteiger partial charge in [-0.1, -0.05) is 18.3 Å². The van der Waals surface area contributed by atoms with Gasteiger partial charge in [-0.2, -0.15) is 13.2 Å². The number of thiocarbonyl (C=S) groups is 1. The van der Waals surface area contributed by atoms with Gasteiger partial charge in [0.25, 0.3) is 5.91 Å². The van der Waals surface area contributed by atoms with Gasteiger partial charge in [-0.3, -0.25) is 14.4 Å². The molecule has 2 aromatic rings. The molecule has 0 bridgehead atoms. The van der Waals surface area contributed by atoms with Crippen LogP contribution in [0.1, 0.15) is 43.2 Å². The van der Waals surface area contributed by atoms with Crippen molar-refractivity contribution in [2.75, 3.05) is 0 Å². The number of benzene rings is 1. The minimum absolute atomic E-state index is 0.0228. The smallest absolute Gasteiger partial charge is 0.389 e. The van der Waals surface area contributed by atoms with Crippen molar-refractivity contribution >= 4 is 34.8 Å². The van der Waals surface area contributed by atoms with Crippen LogP contribution in [0.5, 0.6) is 0 Å². The third-order valence-electron chi connectivity index (χ3n) is 5.00. The minimum Gasteiger partial charge on any atom is -0.431 e. The van der Waals surface area contributed by atoms with E-state index in [9.17, 15) is 41.4 Å². The zero-order valence-electron chi connectivity index (χ0n) is 19.3. The van der Waals surface area contributed by atoms with Gasteiger partial charge in [0.2, 0.25) is 23.3 Å². The second-order valence-corrected chi connectivity index (χ2v) is 8.47. The Labute approximate surface area is 212 Å². The number of nitrogens with two attached hydrogens (primary N) is 1. The fraction of sp³-hybridized carbons (Fsp3) is 0.409. The van der Waals surface area contributed by atoms with Gasteiger partial charge in [-0.25, -0.2) is 13.8 Å². The number of aromatic nitrogens is 1. The zero-order chi connectivity index (χ0) is 27.9. The molecule has 0 fully saturated rings. The molecule has 3 atom stereocenters. The number of nitrogens with one attached hydrogen (secondary N) is 2. The number of Topliss-reactive ketones (excluding diaryl/α,β-unsaturated/α-hetero) is 1. The van der Waals surface area contributed by atoms with E-state index in [4.69, 9.17) is 10.2 Å². The van der Waals surface area contributed by atoms with Gasteiger partial charge in [-0.05, 0) is 38.3 Å². The lowest BCUT2D eigenvalue weighted by atomic mass is 10.0. The summed E-state index contributed by atoms with van der Waals surface area (Å²) in [5.74, 6) is -6.57. The van der Waals surface area contributed by atoms with Crippen LogP contribution in [-0.4, -0.2) is 57.0 Å². The SMILES string of the molecule is CC(O)CC[C@H](NC(=O)c1cnc(-c2cccc(F)c2F)o1)C(=O)N[C@@H](CCC(F)(F)F)C(=O)C(N)=S. The summed E-state index contributed by atoms with van der Waals surface area (Å²) in [4.78, 5) is 40.6. The van der Waals surface area contributed by atoms with E-state index in [1.165, 1.54) is 13.0 Å². The Morgan fingerprint density at radius 3 is 2.41 bits per heavy atom. The number of halogens is 5. The standard InChI is InChI=1S/C22H23F5N4O5S/c1-10(32)5-6-14(19(34)30-13(17(33)18(28)37)7-8-22(25,26)27)31-20(35)15-9-29-21(36-15)11-3-2-4-12(23)16(11)24/h2-4,9-10,13-14,32H,5-8H2,1H3,(H2,28,37)(H,30,34)(H,31,35)/t10?,13-,14-/m0/s1. The van der Waals surface area contributed by atoms with Crippen LogP contribution in [0.4, 0.5) is 22.0 Å². The first-order valence-corrected chi connectivity index (χ1v) is 11.2. The van der Waals surface area contributed by atoms with Crippen molar-refractivity contribution in [3.8, 4) is 11.5 Å². The number of hydrogen-bond donors (Lipinski definition) is 4. The van der Waals surface area contributed by atoms with Crippen LogP contribution in [0.3, 0.4) is 0 Å². The summed E-state index contributed by atoms with van der Waals surface area (Å²) in [5.41, 5.74) is 4.86. The summed E-state index contributed by atoms with van der Waals surface area (Å²) in [7, 11) is 0. The molecule has 0 saturated heterocycles. The Morgan fingerprint density at radius 1 is 1.14 bits per heavy atom. The molecule has 2 amide bonds. The van der Waals surface area contributed by atoms with E-state index in [-0.39, 0.29) is 18.4 Å². The summed E-state index contributed by atoms with van der Waals surface area (Å²) in [6.45, 7) is 1.40. The fourth-order valence-corrected chi connectivity index (χ4v) is 3.24. The van der Waals surface area contributed by atoms with Gasteiger partial charge in [0.05, 0.1) is 23.9 Å². The lowest BCUT2D eigenvalue weighted by Gasteiger charge is -2.23. The van der Waals surface area contributed by atoms with Gasteiger partial charge in [-0.15, -0.1) is 0 Å². The summed E-state index contributed by atoms with van der Waals surface area (Å²) >= 11 is 4.52. The predicted molar refractivity (Wildman–Crippen MR) is 123 cm³/mol. The highest BCUT2D eigenvalue weighted by Gasteiger charge is 2.34. The molecular weight excluding hydrogens is 527 g/mol. The molecule has 2 rings (SSSR count). The van der Waals surface area contributed by atoms with Crippen molar-refractivity contribution in [2.24, 2.45) is 5.73 Å². The van der Waals surface area contributed by atoms with Gasteiger partial charge in [0.15, 0.2) is 11.6 Å². The molecule has 1 unspecified atom stereocenters. The van der Waals surface area contributed by atoms with E-state index >= 15 is 0 Å². The highest BCUT2D eigenvalue weighted by Crippen LogP contribution is 2.25. The number of amides is 2. The average molecular weight is 551 g/mol. The number of carbonyl (C=O) groups excluding carboxylic acids is 3. The Balaban J connectivity index is 2.22. The second-order valence-electron chi connectivity index (χ2n) is 8.03. The number of carbonyl (C=O) groups is 3. The first-order chi connectivity index (χ1) is 17.2. The largest absolute Gasteiger partial charge is 0.431 e. The maximum atomic E-state index is 14.0. The molecule has 5 N–H and O–H groups in total. The van der Waals surface area contributed by atoms with E-state index in [1.807, 2.05) is 0 Å². The van der Waals surface area contributed by atoms with E-state index in [1.54, 1.807) is 0 Å². The molecule has 37 heavy (non-hydrogen) atoms. The summed E-state index contributed by atoms with van der Waals surface area (Å²) in [6.07, 6.45) is -7.15. The summed E-state index contributed by atoms with van der Waals surface area (Å²) < 4.78 is 70.7. The lowest BCUT2D eigenvalue weighted by Crippen LogP contribution is -2.53. The number of ketones is 1. The molecule has 15 heteroatoms. The third kappa shape index (κ3) is 8.86. The summed E-state index contributed by atoms with van der Waals surface area (Å²) in [6, 6.07) is 0.0484. The molecular formula is C22H23F5N4O5S. The molecule has 9 nitrogen and oxygen atoms in total. The zero-order valence-corrected chi connectivity index (χ0v) is 20.1. The first-order valence-electron chi connectivity index (χ1n) is 10.8. The van der Waals surface area contributed by atoms with E-state index < -0.39 is 83.1 Å². The van der Waals surface area contributed by atoms with Crippen LogP contribution in [0.15, 0.2) is 28.8 Å². The Hall–Kier alpha value is -3.46. The number of nitrogens with zero attached hydrogens (tertiary/aromatic N) is 1. The monoisotopic (exact) mass is 550 g/mol. The van der Waals surface area contributed by atoms with Crippen molar-refractivity contribution < 1.29 is 45.9 Å². The van der Waals surface area contributed by atoms with Crippen molar-refractivity contribution in [3.05, 3.63) is 41.8 Å². The number of aliphatic hydroxyl groups excluding tert-OH is 1. The Morgan fingerprint density at radius 2 is 1.81 bits per heavy atom. The lowest BCUT2D eigenvalue weighted by molar-refractivity contribution is -0.140. The number of oxazole rings is 1. The van der Waals surface area contributed by atoms with E-state index in [2.05, 4.69) is 27.8 Å². The van der Waals surface area contributed by atoms with Crippen molar-refractivity contribution in [1.82, 2.24) is 15.6 Å². The number of rotatable bonds is 12. The van der Waals surface area contributed by atoms with Gasteiger partial charge in [0, 0.05) is 6.42 Å². The van der Waals surface area contributed by atoms with Crippen LogP contribution < -0.4 is 16.4 Å². The van der Waals surface area contributed by atoms with E-state index in [0.717, 1.165) is 18.3 Å². The number of alkyl halides is 3. The van der Waals surface area contributed by atoms with Crippen molar-refractivity contribution in [2.45, 2.75) is 57.0 Å². The fourth-order valence-electron chi connectivity index (χ4n) is 3.10. The highest BCUT2D eigenvalue weighted by atomic mass is 32.1. The first kappa shape index (κ1) is 29.8. The maximum absolute atomic E-state index is 14.0. The molecule has 0 aliphatic carbocycles. The molecule has 0 spiro atoms.